The van der Waals surface area contributed by atoms with Gasteiger partial charge in [-0.1, -0.05) is 60.1 Å². The summed E-state index contributed by atoms with van der Waals surface area (Å²) in [6, 6.07) is 21.4. The summed E-state index contributed by atoms with van der Waals surface area (Å²) in [5, 5.41) is 0.464. The molecule has 0 aliphatic carbocycles. The zero-order chi connectivity index (χ0) is 21.1. The minimum atomic E-state index is -0.265. The molecule has 1 saturated heterocycles. The molecule has 1 heterocycles. The number of methoxy groups -OCH3 is 1. The van der Waals surface area contributed by atoms with Crippen LogP contribution in [0, 0.1) is 12.7 Å². The Morgan fingerprint density at radius 3 is 2.37 bits per heavy atom. The lowest BCUT2D eigenvalue weighted by molar-refractivity contribution is 0.121. The molecule has 0 N–H and O–H groups in total. The third-order valence-corrected chi connectivity index (χ3v) is 6.19. The molecule has 0 spiro atoms. The van der Waals surface area contributed by atoms with Gasteiger partial charge in [-0.25, -0.2) is 4.39 Å². The van der Waals surface area contributed by atoms with E-state index in [0.717, 1.165) is 30.9 Å². The van der Waals surface area contributed by atoms with Crippen LogP contribution in [0.4, 0.5) is 4.39 Å². The second-order valence-electron chi connectivity index (χ2n) is 7.68. The summed E-state index contributed by atoms with van der Waals surface area (Å²) >= 11 is 6.34. The van der Waals surface area contributed by atoms with E-state index in [1.54, 1.807) is 19.2 Å². The molecule has 0 amide bonds. The van der Waals surface area contributed by atoms with Crippen LogP contribution < -0.4 is 4.74 Å². The van der Waals surface area contributed by atoms with Gasteiger partial charge >= 0.3 is 0 Å². The van der Waals surface area contributed by atoms with Crippen molar-refractivity contribution in [2.45, 2.75) is 26.2 Å². The number of hydrogen-bond donors (Lipinski definition) is 0. The van der Waals surface area contributed by atoms with Crippen LogP contribution in [0.2, 0.25) is 5.02 Å². The topological polar surface area (TPSA) is 15.7 Å². The van der Waals surface area contributed by atoms with E-state index in [2.05, 4.69) is 47.1 Å². The fourth-order valence-corrected chi connectivity index (χ4v) is 4.45. The molecule has 0 bridgehead atoms. The van der Waals surface area contributed by atoms with Gasteiger partial charge in [0.1, 0.15) is 11.6 Å². The minimum Gasteiger partial charge on any atom is -0.496 e. The third kappa shape index (κ3) is 4.22. The van der Waals surface area contributed by atoms with E-state index in [0.29, 0.717) is 17.1 Å². The molecule has 3 aromatic rings. The van der Waals surface area contributed by atoms with Crippen LogP contribution in [0.3, 0.4) is 0 Å². The van der Waals surface area contributed by atoms with Crippen molar-refractivity contribution in [3.05, 3.63) is 99.8 Å². The van der Waals surface area contributed by atoms with Gasteiger partial charge < -0.3 is 4.74 Å². The monoisotopic (exact) mass is 424 g/mol. The smallest absolute Gasteiger partial charge is 0.129 e. The predicted octanol–water partition coefficient (Wildman–Crippen LogP) is 5.81. The van der Waals surface area contributed by atoms with Gasteiger partial charge in [-0.2, -0.15) is 0 Å². The Morgan fingerprint density at radius 1 is 0.933 bits per heavy atom. The van der Waals surface area contributed by atoms with Gasteiger partial charge in [0.15, 0.2) is 0 Å². The average molecular weight is 425 g/mol. The fourth-order valence-electron chi connectivity index (χ4n) is 4.23. The largest absolute Gasteiger partial charge is 0.496 e. The Morgan fingerprint density at radius 2 is 1.63 bits per heavy atom. The molecule has 0 saturated carbocycles. The third-order valence-electron chi connectivity index (χ3n) is 5.84. The summed E-state index contributed by atoms with van der Waals surface area (Å²) < 4.78 is 20.2. The predicted molar refractivity (Wildman–Crippen MR) is 119 cm³/mol. The number of hydrogen-bond acceptors (Lipinski definition) is 3. The van der Waals surface area contributed by atoms with Crippen LogP contribution in [0.5, 0.6) is 5.75 Å². The minimum absolute atomic E-state index is 0.0311. The van der Waals surface area contributed by atoms with E-state index >= 15 is 0 Å². The molecule has 0 aromatic heterocycles. The highest BCUT2D eigenvalue weighted by molar-refractivity contribution is 6.31. The van der Waals surface area contributed by atoms with Crippen molar-refractivity contribution in [2.24, 2.45) is 0 Å². The van der Waals surface area contributed by atoms with Crippen molar-refractivity contribution in [3.8, 4) is 5.75 Å². The standard InChI is InChI=1S/C25H26ClFN2O/c1-18-8-3-4-9-19(18)16-28-14-15-29(17-21-22(26)11-7-12-23(21)27)25(28)20-10-5-6-13-24(20)30-2/h3-13,25H,14-17H2,1-2H3/t25-/m0/s1. The van der Waals surface area contributed by atoms with E-state index in [4.69, 9.17) is 16.3 Å². The molecule has 3 nitrogen and oxygen atoms in total. The first-order valence-electron chi connectivity index (χ1n) is 10.2. The highest BCUT2D eigenvalue weighted by Crippen LogP contribution is 2.38. The molecular formula is C25H26ClFN2O. The summed E-state index contributed by atoms with van der Waals surface area (Å²) in [7, 11) is 1.69. The zero-order valence-electron chi connectivity index (χ0n) is 17.3. The first-order valence-corrected chi connectivity index (χ1v) is 10.5. The number of benzene rings is 3. The maximum absolute atomic E-state index is 14.5. The summed E-state index contributed by atoms with van der Waals surface area (Å²) in [5.41, 5.74) is 4.19. The van der Waals surface area contributed by atoms with E-state index in [1.807, 2.05) is 18.2 Å². The quantitative estimate of drug-likeness (QED) is 0.496. The Kier molecular flexibility index (Phi) is 6.38. The lowest BCUT2D eigenvalue weighted by atomic mass is 10.1. The van der Waals surface area contributed by atoms with Crippen LogP contribution in [0.25, 0.3) is 0 Å². The summed E-state index contributed by atoms with van der Waals surface area (Å²) in [6.45, 7) is 5.10. The summed E-state index contributed by atoms with van der Waals surface area (Å²) in [5.74, 6) is 0.572. The van der Waals surface area contributed by atoms with Crippen LogP contribution in [0.15, 0.2) is 66.7 Å². The van der Waals surface area contributed by atoms with E-state index in [1.165, 1.54) is 17.2 Å². The van der Waals surface area contributed by atoms with Gasteiger partial charge in [0, 0.05) is 42.3 Å². The molecule has 156 valence electrons. The molecule has 1 aliphatic rings. The van der Waals surface area contributed by atoms with Crippen molar-refractivity contribution in [2.75, 3.05) is 20.2 Å². The molecule has 3 aromatic carbocycles. The molecular weight excluding hydrogens is 399 g/mol. The summed E-state index contributed by atoms with van der Waals surface area (Å²) in [4.78, 5) is 4.70. The van der Waals surface area contributed by atoms with Gasteiger partial charge in [-0.15, -0.1) is 0 Å². The van der Waals surface area contributed by atoms with Gasteiger partial charge in [0.25, 0.3) is 0 Å². The fraction of sp³-hybridized carbons (Fsp3) is 0.280. The second kappa shape index (κ2) is 9.17. The molecule has 30 heavy (non-hydrogen) atoms. The number of halogens is 2. The average Bonchev–Trinajstić information content (AvgIpc) is 3.14. The van der Waals surface area contributed by atoms with E-state index in [9.17, 15) is 4.39 Å². The first kappa shape index (κ1) is 20.9. The van der Waals surface area contributed by atoms with Gasteiger partial charge in [-0.3, -0.25) is 9.80 Å². The molecule has 4 rings (SSSR count). The Labute approximate surface area is 182 Å². The second-order valence-corrected chi connectivity index (χ2v) is 8.09. The lowest BCUT2D eigenvalue weighted by Gasteiger charge is -2.32. The molecule has 0 unspecified atom stereocenters. The van der Waals surface area contributed by atoms with Crippen LogP contribution >= 0.6 is 11.6 Å². The Balaban J connectivity index is 1.70. The Bertz CT molecular complexity index is 1010. The number of aryl methyl sites for hydroxylation is 1. The highest BCUT2D eigenvalue weighted by Gasteiger charge is 2.35. The SMILES string of the molecule is COc1ccccc1[C@H]1N(Cc2ccccc2C)CCN1Cc1c(F)cccc1Cl. The van der Waals surface area contributed by atoms with Crippen LogP contribution in [-0.4, -0.2) is 30.0 Å². The molecule has 1 aliphatic heterocycles. The van der Waals surface area contributed by atoms with Crippen molar-refractivity contribution in [1.29, 1.82) is 0 Å². The maximum atomic E-state index is 14.5. The highest BCUT2D eigenvalue weighted by atomic mass is 35.5. The first-order chi connectivity index (χ1) is 14.6. The molecule has 0 radical (unpaired) electrons. The van der Waals surface area contributed by atoms with E-state index in [-0.39, 0.29) is 12.0 Å². The zero-order valence-corrected chi connectivity index (χ0v) is 18.1. The molecule has 5 heteroatoms. The van der Waals surface area contributed by atoms with Gasteiger partial charge in [-0.05, 0) is 36.2 Å². The molecule has 1 atom stereocenters. The maximum Gasteiger partial charge on any atom is 0.129 e. The van der Waals surface area contributed by atoms with Gasteiger partial charge in [0.05, 0.1) is 13.3 Å². The van der Waals surface area contributed by atoms with Crippen molar-refractivity contribution < 1.29 is 9.13 Å². The summed E-state index contributed by atoms with van der Waals surface area (Å²) in [6.07, 6.45) is -0.0311. The van der Waals surface area contributed by atoms with Crippen molar-refractivity contribution >= 4 is 11.6 Å². The van der Waals surface area contributed by atoms with Crippen molar-refractivity contribution in [1.82, 2.24) is 9.80 Å². The number of nitrogens with zero attached hydrogens (tertiary/aromatic N) is 2. The number of ether oxygens (including phenoxy) is 1. The van der Waals surface area contributed by atoms with Crippen LogP contribution in [0.1, 0.15) is 28.4 Å². The number of para-hydroxylation sites is 1. The van der Waals surface area contributed by atoms with Crippen molar-refractivity contribution in [3.63, 3.8) is 0 Å². The van der Waals surface area contributed by atoms with E-state index < -0.39 is 0 Å². The molecule has 1 fully saturated rings. The van der Waals surface area contributed by atoms with Gasteiger partial charge in [0.2, 0.25) is 0 Å². The number of rotatable bonds is 6. The Hall–Kier alpha value is -2.40. The van der Waals surface area contributed by atoms with Crippen LogP contribution in [-0.2, 0) is 13.1 Å². The lowest BCUT2D eigenvalue weighted by Crippen LogP contribution is -2.31. The normalized spacial score (nSPS) is 17.4.